The Labute approximate surface area is 98.6 Å². The monoisotopic (exact) mass is 269 g/mol. The lowest BCUT2D eigenvalue weighted by molar-refractivity contribution is -0.143. The van der Waals surface area contributed by atoms with Crippen LogP contribution in [0.4, 0.5) is 22.0 Å². The van der Waals surface area contributed by atoms with Gasteiger partial charge >= 0.3 is 12.1 Å². The number of alkyl halides is 5. The molecule has 0 amide bonds. The third-order valence-electron chi connectivity index (χ3n) is 1.97. The van der Waals surface area contributed by atoms with Crippen LogP contribution in [0.15, 0.2) is 12.3 Å². The summed E-state index contributed by atoms with van der Waals surface area (Å²) < 4.78 is 67.2. The van der Waals surface area contributed by atoms with Crippen molar-refractivity contribution in [3.05, 3.63) is 29.1 Å². The zero-order valence-electron chi connectivity index (χ0n) is 9.09. The van der Waals surface area contributed by atoms with E-state index in [9.17, 15) is 26.7 Å². The molecular formula is C10H8F5NO2. The Morgan fingerprint density at radius 2 is 2.06 bits per heavy atom. The highest BCUT2D eigenvalue weighted by Gasteiger charge is 2.40. The number of carbonyl (C=O) groups excluding carboxylic acids is 1. The molecule has 0 radical (unpaired) electrons. The highest BCUT2D eigenvalue weighted by Crippen LogP contribution is 2.36. The Morgan fingerprint density at radius 3 is 2.50 bits per heavy atom. The zero-order chi connectivity index (χ0) is 13.9. The van der Waals surface area contributed by atoms with Crippen molar-refractivity contribution >= 4 is 5.97 Å². The van der Waals surface area contributed by atoms with Gasteiger partial charge in [-0.25, -0.2) is 13.6 Å². The second-order valence-corrected chi connectivity index (χ2v) is 3.14. The minimum atomic E-state index is -5.06. The number of ether oxygens (including phenoxy) is 1. The van der Waals surface area contributed by atoms with Crippen LogP contribution in [0.5, 0.6) is 0 Å². The highest BCUT2D eigenvalue weighted by molar-refractivity contribution is 5.91. The second-order valence-electron chi connectivity index (χ2n) is 3.14. The van der Waals surface area contributed by atoms with Crippen LogP contribution in [0.1, 0.15) is 35.0 Å². The van der Waals surface area contributed by atoms with Crippen molar-refractivity contribution in [3.63, 3.8) is 0 Å². The fraction of sp³-hybridized carbons (Fsp3) is 0.400. The third-order valence-corrected chi connectivity index (χ3v) is 1.97. The predicted octanol–water partition coefficient (Wildman–Crippen LogP) is 3.21. The van der Waals surface area contributed by atoms with Crippen LogP contribution in [-0.2, 0) is 10.9 Å². The second kappa shape index (κ2) is 5.28. The average molecular weight is 269 g/mol. The molecule has 100 valence electrons. The van der Waals surface area contributed by atoms with Gasteiger partial charge in [-0.2, -0.15) is 13.2 Å². The van der Waals surface area contributed by atoms with Crippen molar-refractivity contribution in [3.8, 4) is 0 Å². The van der Waals surface area contributed by atoms with E-state index in [1.54, 1.807) is 0 Å². The van der Waals surface area contributed by atoms with Crippen LogP contribution < -0.4 is 0 Å². The fourth-order valence-electron chi connectivity index (χ4n) is 1.31. The number of hydrogen-bond acceptors (Lipinski definition) is 3. The first-order valence-electron chi connectivity index (χ1n) is 4.80. The summed E-state index contributed by atoms with van der Waals surface area (Å²) in [4.78, 5) is 14.2. The molecule has 1 aromatic heterocycles. The molecule has 0 unspecified atom stereocenters. The first-order valence-corrected chi connectivity index (χ1v) is 4.80. The number of pyridine rings is 1. The number of carbonyl (C=O) groups is 1. The largest absolute Gasteiger partial charge is 0.462 e. The van der Waals surface area contributed by atoms with E-state index in [0.717, 1.165) is 6.07 Å². The lowest BCUT2D eigenvalue weighted by Crippen LogP contribution is -2.17. The van der Waals surface area contributed by atoms with E-state index >= 15 is 0 Å². The van der Waals surface area contributed by atoms with E-state index in [1.165, 1.54) is 6.92 Å². The number of nitrogens with zero attached hydrogens (tertiary/aromatic N) is 1. The molecule has 0 aliphatic heterocycles. The van der Waals surface area contributed by atoms with Crippen LogP contribution in [-0.4, -0.2) is 17.6 Å². The molecule has 0 saturated carbocycles. The van der Waals surface area contributed by atoms with Gasteiger partial charge in [0.05, 0.1) is 17.7 Å². The Kier molecular flexibility index (Phi) is 4.20. The van der Waals surface area contributed by atoms with Crippen LogP contribution in [0, 0.1) is 0 Å². The SMILES string of the molecule is CCOC(=O)c1ccnc(C(F)(F)F)c1C(F)F. The number of esters is 1. The molecule has 0 aliphatic carbocycles. The Morgan fingerprint density at radius 1 is 1.44 bits per heavy atom. The molecule has 18 heavy (non-hydrogen) atoms. The normalized spacial score (nSPS) is 11.7. The minimum absolute atomic E-state index is 0.134. The standard InChI is InChI=1S/C10H8F5NO2/c1-2-18-9(17)5-3-4-16-7(10(13,14)15)6(5)8(11)12/h3-4,8H,2H2,1H3. The summed E-state index contributed by atoms with van der Waals surface area (Å²) >= 11 is 0. The van der Waals surface area contributed by atoms with Gasteiger partial charge in [-0.05, 0) is 13.0 Å². The molecule has 3 nitrogen and oxygen atoms in total. The molecule has 0 bridgehead atoms. The van der Waals surface area contributed by atoms with E-state index in [0.29, 0.717) is 6.20 Å². The smallest absolute Gasteiger partial charge is 0.433 e. The van der Waals surface area contributed by atoms with Gasteiger partial charge in [-0.15, -0.1) is 0 Å². The van der Waals surface area contributed by atoms with Crippen molar-refractivity contribution < 1.29 is 31.5 Å². The number of halogens is 5. The summed E-state index contributed by atoms with van der Waals surface area (Å²) in [6, 6.07) is 0.773. The molecule has 8 heteroatoms. The topological polar surface area (TPSA) is 39.2 Å². The van der Waals surface area contributed by atoms with E-state index in [4.69, 9.17) is 0 Å². The summed E-state index contributed by atoms with van der Waals surface area (Å²) in [5.74, 6) is -1.24. The number of aromatic nitrogens is 1. The van der Waals surface area contributed by atoms with E-state index < -0.39 is 35.4 Å². The van der Waals surface area contributed by atoms with Gasteiger partial charge in [-0.1, -0.05) is 0 Å². The highest BCUT2D eigenvalue weighted by atomic mass is 19.4. The molecule has 1 aromatic rings. The van der Waals surface area contributed by atoms with Crippen molar-refractivity contribution in [2.45, 2.75) is 19.5 Å². The van der Waals surface area contributed by atoms with Crippen LogP contribution >= 0.6 is 0 Å². The zero-order valence-corrected chi connectivity index (χ0v) is 9.09. The first-order chi connectivity index (χ1) is 8.29. The summed E-state index contributed by atoms with van der Waals surface area (Å²) in [6.45, 7) is 1.27. The van der Waals surface area contributed by atoms with Gasteiger partial charge in [0.1, 0.15) is 0 Å². The van der Waals surface area contributed by atoms with E-state index in [-0.39, 0.29) is 6.61 Å². The minimum Gasteiger partial charge on any atom is -0.462 e. The van der Waals surface area contributed by atoms with Crippen LogP contribution in [0.2, 0.25) is 0 Å². The predicted molar refractivity (Wildman–Crippen MR) is 50.2 cm³/mol. The summed E-state index contributed by atoms with van der Waals surface area (Å²) in [5, 5.41) is 0. The van der Waals surface area contributed by atoms with Gasteiger partial charge in [0, 0.05) is 6.20 Å². The third kappa shape index (κ3) is 2.93. The average Bonchev–Trinajstić information content (AvgIpc) is 2.27. The van der Waals surface area contributed by atoms with Gasteiger partial charge in [0.2, 0.25) is 0 Å². The molecule has 1 heterocycles. The summed E-state index contributed by atoms with van der Waals surface area (Å²) in [5.41, 5.74) is -4.05. The first kappa shape index (κ1) is 14.3. The van der Waals surface area contributed by atoms with Crippen molar-refractivity contribution in [1.29, 1.82) is 0 Å². The molecule has 0 aromatic carbocycles. The lowest BCUT2D eigenvalue weighted by Gasteiger charge is -2.14. The van der Waals surface area contributed by atoms with Gasteiger partial charge in [-0.3, -0.25) is 4.98 Å². The van der Waals surface area contributed by atoms with Crippen LogP contribution in [0.3, 0.4) is 0 Å². The molecule has 0 fully saturated rings. The van der Waals surface area contributed by atoms with Gasteiger partial charge in [0.15, 0.2) is 5.69 Å². The van der Waals surface area contributed by atoms with Gasteiger partial charge in [0.25, 0.3) is 6.43 Å². The molecule has 0 aliphatic rings. The Hall–Kier alpha value is -1.73. The van der Waals surface area contributed by atoms with Crippen molar-refractivity contribution in [2.75, 3.05) is 6.61 Å². The molecule has 0 N–H and O–H groups in total. The molecule has 1 rings (SSSR count). The fourth-order valence-corrected chi connectivity index (χ4v) is 1.31. The van der Waals surface area contributed by atoms with Gasteiger partial charge < -0.3 is 4.74 Å². The maximum absolute atomic E-state index is 12.7. The number of hydrogen-bond donors (Lipinski definition) is 0. The Bertz CT molecular complexity index is 444. The molecule has 0 spiro atoms. The summed E-state index contributed by atoms with van der Waals surface area (Å²) in [7, 11) is 0. The van der Waals surface area contributed by atoms with Crippen molar-refractivity contribution in [1.82, 2.24) is 4.98 Å². The maximum atomic E-state index is 12.7. The Balaban J connectivity index is 3.40. The quantitative estimate of drug-likeness (QED) is 0.624. The van der Waals surface area contributed by atoms with E-state index in [2.05, 4.69) is 9.72 Å². The van der Waals surface area contributed by atoms with E-state index in [1.807, 2.05) is 0 Å². The lowest BCUT2D eigenvalue weighted by atomic mass is 10.1. The van der Waals surface area contributed by atoms with Crippen molar-refractivity contribution in [2.24, 2.45) is 0 Å². The molecule has 0 saturated heterocycles. The van der Waals surface area contributed by atoms with Crippen LogP contribution in [0.25, 0.3) is 0 Å². The maximum Gasteiger partial charge on any atom is 0.433 e. The summed E-state index contributed by atoms with van der Waals surface area (Å²) in [6.07, 6.45) is -7.90. The molecule has 0 atom stereocenters. The number of rotatable bonds is 3. The molecular weight excluding hydrogens is 261 g/mol.